The van der Waals surface area contributed by atoms with E-state index < -0.39 is 9.53 Å². The van der Waals surface area contributed by atoms with Crippen molar-refractivity contribution in [1.82, 2.24) is 0 Å². The van der Waals surface area contributed by atoms with E-state index in [2.05, 4.69) is 6.58 Å². The Kier molecular flexibility index (Phi) is 5.86. The van der Waals surface area contributed by atoms with Gasteiger partial charge in [0.25, 0.3) is 0 Å². The fourth-order valence-electron chi connectivity index (χ4n) is 0.379. The Balaban J connectivity index is 3.19. The van der Waals surface area contributed by atoms with Crippen LogP contribution in [0.25, 0.3) is 0 Å². The van der Waals surface area contributed by atoms with Gasteiger partial charge in [0.1, 0.15) is 0 Å². The molecular weight excluding hydrogens is 136 g/mol. The Bertz CT molecular complexity index is 72.6. The van der Waals surface area contributed by atoms with E-state index in [0.717, 1.165) is 0 Å². The molecule has 0 aliphatic rings. The van der Waals surface area contributed by atoms with Gasteiger partial charge in [-0.2, -0.15) is 0 Å². The summed E-state index contributed by atoms with van der Waals surface area (Å²) in [5.41, 5.74) is 0. The van der Waals surface area contributed by atoms with Gasteiger partial charge < -0.3 is 13.3 Å². The molecule has 9 heavy (non-hydrogen) atoms. The first-order chi connectivity index (χ1) is 4.35. The summed E-state index contributed by atoms with van der Waals surface area (Å²) in [6.07, 6.45) is 1.66. The third-order valence-corrected chi connectivity index (χ3v) is 1.97. The average Bonchev–Trinajstić information content (AvgIpc) is 1.91. The molecule has 0 aliphatic heterocycles. The van der Waals surface area contributed by atoms with Gasteiger partial charge in [0.15, 0.2) is 0 Å². The monoisotopic (exact) mass is 148 g/mol. The van der Waals surface area contributed by atoms with Crippen LogP contribution in [-0.4, -0.2) is 30.4 Å². The van der Waals surface area contributed by atoms with Crippen LogP contribution in [0.4, 0.5) is 0 Å². The molecule has 0 bridgehead atoms. The van der Waals surface area contributed by atoms with Crippen molar-refractivity contribution in [2.45, 2.75) is 0 Å². The molecule has 0 rings (SSSR count). The Hall–Kier alpha value is -0.163. The van der Waals surface area contributed by atoms with Crippen molar-refractivity contribution in [2.75, 3.05) is 20.8 Å². The van der Waals surface area contributed by atoms with E-state index in [1.807, 2.05) is 0 Å². The highest BCUT2D eigenvalue weighted by atomic mass is 28.3. The molecule has 0 aliphatic carbocycles. The maximum absolute atomic E-state index is 5.07. The lowest BCUT2D eigenvalue weighted by Crippen LogP contribution is -2.23. The first-order valence-corrected chi connectivity index (χ1v) is 4.04. The highest BCUT2D eigenvalue weighted by Gasteiger charge is 2.07. The van der Waals surface area contributed by atoms with Gasteiger partial charge in [0, 0.05) is 14.2 Å². The third-order valence-electron chi connectivity index (χ3n) is 0.735. The summed E-state index contributed by atoms with van der Waals surface area (Å²) in [6, 6.07) is 0. The van der Waals surface area contributed by atoms with Crippen molar-refractivity contribution in [2.24, 2.45) is 0 Å². The number of hydrogen-bond donors (Lipinski definition) is 0. The van der Waals surface area contributed by atoms with Gasteiger partial charge in [-0.15, -0.1) is 6.58 Å². The number of rotatable bonds is 5. The van der Waals surface area contributed by atoms with E-state index in [4.69, 9.17) is 13.3 Å². The smallest absolute Gasteiger partial charge is 0.379 e. The second-order valence-electron chi connectivity index (χ2n) is 1.38. The normalized spacial score (nSPS) is 10.1. The molecule has 0 aromatic carbocycles. The minimum Gasteiger partial charge on any atom is -0.379 e. The van der Waals surface area contributed by atoms with Gasteiger partial charge in [-0.25, -0.2) is 0 Å². The van der Waals surface area contributed by atoms with Crippen molar-refractivity contribution in [3.05, 3.63) is 12.7 Å². The van der Waals surface area contributed by atoms with E-state index in [9.17, 15) is 0 Å². The van der Waals surface area contributed by atoms with E-state index in [1.165, 1.54) is 0 Å². The van der Waals surface area contributed by atoms with E-state index in [-0.39, 0.29) is 0 Å². The van der Waals surface area contributed by atoms with E-state index >= 15 is 0 Å². The second-order valence-corrected chi connectivity index (χ2v) is 3.24. The van der Waals surface area contributed by atoms with Crippen LogP contribution in [-0.2, 0) is 13.3 Å². The standard InChI is InChI=1S/C5H12O3Si/c1-4-5-8-9(6-2)7-3/h4,9H,1,5H2,2-3H3. The van der Waals surface area contributed by atoms with Gasteiger partial charge in [-0.1, -0.05) is 6.08 Å². The fraction of sp³-hybridized carbons (Fsp3) is 0.600. The maximum atomic E-state index is 5.07. The minimum atomic E-state index is -1.78. The quantitative estimate of drug-likeness (QED) is 0.412. The maximum Gasteiger partial charge on any atom is 0.483 e. The molecule has 0 amide bonds. The molecule has 0 atom stereocenters. The molecule has 0 unspecified atom stereocenters. The summed E-state index contributed by atoms with van der Waals surface area (Å²) in [5, 5.41) is 0. The van der Waals surface area contributed by atoms with Crippen LogP contribution in [0.3, 0.4) is 0 Å². The van der Waals surface area contributed by atoms with Crippen molar-refractivity contribution >= 4 is 9.53 Å². The Morgan fingerprint density at radius 2 is 2.00 bits per heavy atom. The molecule has 3 nitrogen and oxygen atoms in total. The molecule has 0 heterocycles. The Morgan fingerprint density at radius 1 is 1.44 bits per heavy atom. The van der Waals surface area contributed by atoms with Crippen molar-refractivity contribution in [3.8, 4) is 0 Å². The van der Waals surface area contributed by atoms with Gasteiger partial charge in [-0.3, -0.25) is 0 Å². The second kappa shape index (κ2) is 5.96. The zero-order valence-corrected chi connectivity index (χ0v) is 6.95. The molecule has 0 spiro atoms. The summed E-state index contributed by atoms with van der Waals surface area (Å²) in [7, 11) is 1.36. The van der Waals surface area contributed by atoms with Crippen molar-refractivity contribution in [3.63, 3.8) is 0 Å². The molecule has 0 N–H and O–H groups in total. The fourth-order valence-corrected chi connectivity index (χ4v) is 1.14. The topological polar surface area (TPSA) is 27.7 Å². The minimum absolute atomic E-state index is 0.499. The lowest BCUT2D eigenvalue weighted by Gasteiger charge is -2.08. The van der Waals surface area contributed by atoms with Crippen molar-refractivity contribution in [1.29, 1.82) is 0 Å². The zero-order chi connectivity index (χ0) is 7.11. The van der Waals surface area contributed by atoms with Crippen LogP contribution in [0.5, 0.6) is 0 Å². The third kappa shape index (κ3) is 4.35. The summed E-state index contributed by atoms with van der Waals surface area (Å²) in [6.45, 7) is 3.99. The van der Waals surface area contributed by atoms with Crippen LogP contribution in [0.1, 0.15) is 0 Å². The van der Waals surface area contributed by atoms with Crippen LogP contribution in [0.2, 0.25) is 0 Å². The predicted molar refractivity (Wildman–Crippen MR) is 37.3 cm³/mol. The van der Waals surface area contributed by atoms with Crippen LogP contribution >= 0.6 is 0 Å². The molecule has 0 radical (unpaired) electrons. The first-order valence-electron chi connectivity index (χ1n) is 2.63. The average molecular weight is 148 g/mol. The number of hydrogen-bond acceptors (Lipinski definition) is 3. The highest BCUT2D eigenvalue weighted by molar-refractivity contribution is 6.36. The molecule has 0 fully saturated rings. The Morgan fingerprint density at radius 3 is 2.33 bits per heavy atom. The van der Waals surface area contributed by atoms with Gasteiger partial charge in [-0.05, 0) is 0 Å². The van der Waals surface area contributed by atoms with Crippen molar-refractivity contribution < 1.29 is 13.3 Å². The largest absolute Gasteiger partial charge is 0.483 e. The lowest BCUT2D eigenvalue weighted by molar-refractivity contribution is 0.149. The lowest BCUT2D eigenvalue weighted by atomic mass is 10.7. The molecule has 54 valence electrons. The van der Waals surface area contributed by atoms with Crippen LogP contribution < -0.4 is 0 Å². The zero-order valence-electron chi connectivity index (χ0n) is 5.79. The SMILES string of the molecule is C=CCO[SiH](OC)OC. The molecule has 0 saturated heterocycles. The molecule has 0 aromatic heterocycles. The summed E-state index contributed by atoms with van der Waals surface area (Å²) in [4.78, 5) is 0. The predicted octanol–water partition coefficient (Wildman–Crippen LogP) is 0.199. The van der Waals surface area contributed by atoms with E-state index in [0.29, 0.717) is 6.61 Å². The summed E-state index contributed by atoms with van der Waals surface area (Å²) < 4.78 is 14.8. The summed E-state index contributed by atoms with van der Waals surface area (Å²) >= 11 is 0. The highest BCUT2D eigenvalue weighted by Crippen LogP contribution is 1.86. The van der Waals surface area contributed by atoms with Crippen LogP contribution in [0.15, 0.2) is 12.7 Å². The molecule has 4 heteroatoms. The summed E-state index contributed by atoms with van der Waals surface area (Å²) in [5.74, 6) is 0. The molecule has 0 aromatic rings. The molecular formula is C5H12O3Si. The van der Waals surface area contributed by atoms with Crippen LogP contribution in [0, 0.1) is 0 Å². The Labute approximate surface area is 57.2 Å². The first kappa shape index (κ1) is 8.84. The van der Waals surface area contributed by atoms with Gasteiger partial charge >= 0.3 is 9.53 Å². The molecule has 0 saturated carbocycles. The van der Waals surface area contributed by atoms with Gasteiger partial charge in [0.2, 0.25) is 0 Å². The van der Waals surface area contributed by atoms with E-state index in [1.54, 1.807) is 20.3 Å². The van der Waals surface area contributed by atoms with Gasteiger partial charge in [0.05, 0.1) is 6.61 Å².